The first kappa shape index (κ1) is 16.0. The Bertz CT molecular complexity index is 566. The zero-order valence-electron chi connectivity index (χ0n) is 13.1. The molecule has 2 rings (SSSR count). The van der Waals surface area contributed by atoms with Gasteiger partial charge in [0.1, 0.15) is 0 Å². The third-order valence-electron chi connectivity index (χ3n) is 3.66. The van der Waals surface area contributed by atoms with Gasteiger partial charge in [-0.3, -0.25) is 9.98 Å². The Hall–Kier alpha value is -2.36. The van der Waals surface area contributed by atoms with E-state index in [2.05, 4.69) is 46.5 Å². The maximum Gasteiger partial charge on any atom is 0.188 e. The van der Waals surface area contributed by atoms with Gasteiger partial charge in [-0.15, -0.1) is 0 Å². The summed E-state index contributed by atoms with van der Waals surface area (Å²) in [4.78, 5) is 8.75. The van der Waals surface area contributed by atoms with Crippen LogP contribution in [0.5, 0.6) is 0 Å². The van der Waals surface area contributed by atoms with Crippen molar-refractivity contribution in [1.29, 1.82) is 0 Å². The van der Waals surface area contributed by atoms with Gasteiger partial charge < -0.3 is 11.1 Å². The monoisotopic (exact) mass is 296 g/mol. The summed E-state index contributed by atoms with van der Waals surface area (Å²) in [6.45, 7) is 3.63. The molecule has 1 atom stereocenters. The number of nitrogens with zero attached hydrogens (tertiary/aromatic N) is 2. The van der Waals surface area contributed by atoms with E-state index in [9.17, 15) is 0 Å². The topological polar surface area (TPSA) is 63.3 Å². The van der Waals surface area contributed by atoms with Crippen molar-refractivity contribution in [3.8, 4) is 0 Å². The number of guanidine groups is 1. The molecule has 0 saturated heterocycles. The highest BCUT2D eigenvalue weighted by Crippen LogP contribution is 2.19. The molecule has 22 heavy (non-hydrogen) atoms. The number of nitrogens with one attached hydrogen (secondary N) is 1. The highest BCUT2D eigenvalue weighted by molar-refractivity contribution is 5.77. The van der Waals surface area contributed by atoms with E-state index in [0.717, 1.165) is 25.1 Å². The minimum Gasteiger partial charge on any atom is -0.370 e. The number of rotatable bonds is 7. The van der Waals surface area contributed by atoms with Gasteiger partial charge in [-0.2, -0.15) is 0 Å². The Labute approximate surface area is 132 Å². The van der Waals surface area contributed by atoms with Crippen molar-refractivity contribution in [2.45, 2.75) is 25.7 Å². The van der Waals surface area contributed by atoms with E-state index in [1.54, 1.807) is 6.20 Å². The molecule has 1 unspecified atom stereocenters. The van der Waals surface area contributed by atoms with Crippen LogP contribution in [0.4, 0.5) is 0 Å². The molecular formula is C18H24N4. The van der Waals surface area contributed by atoms with Crippen LogP contribution in [0.1, 0.15) is 30.5 Å². The SMILES string of the molecule is CCC(CN=C(N)NCCc1ccccn1)c1ccccc1. The van der Waals surface area contributed by atoms with Gasteiger partial charge in [-0.05, 0) is 24.1 Å². The molecule has 2 aromatic rings. The molecule has 0 saturated carbocycles. The minimum atomic E-state index is 0.414. The summed E-state index contributed by atoms with van der Waals surface area (Å²) in [5, 5.41) is 3.15. The molecule has 116 valence electrons. The highest BCUT2D eigenvalue weighted by atomic mass is 15.1. The molecule has 0 aliphatic carbocycles. The lowest BCUT2D eigenvalue weighted by molar-refractivity contribution is 0.671. The van der Waals surface area contributed by atoms with Crippen LogP contribution in [0, 0.1) is 0 Å². The van der Waals surface area contributed by atoms with E-state index in [1.165, 1.54) is 5.56 Å². The molecule has 0 amide bonds. The summed E-state index contributed by atoms with van der Waals surface area (Å²) in [7, 11) is 0. The van der Waals surface area contributed by atoms with E-state index >= 15 is 0 Å². The van der Waals surface area contributed by atoms with Crippen molar-refractivity contribution in [1.82, 2.24) is 10.3 Å². The fourth-order valence-electron chi connectivity index (χ4n) is 2.32. The molecule has 0 spiro atoms. The van der Waals surface area contributed by atoms with Crippen LogP contribution in [0.3, 0.4) is 0 Å². The van der Waals surface area contributed by atoms with Gasteiger partial charge in [-0.1, -0.05) is 43.3 Å². The smallest absolute Gasteiger partial charge is 0.188 e. The number of hydrogen-bond donors (Lipinski definition) is 2. The quantitative estimate of drug-likeness (QED) is 0.610. The first-order valence-electron chi connectivity index (χ1n) is 7.78. The summed E-state index contributed by atoms with van der Waals surface area (Å²) in [6, 6.07) is 16.4. The van der Waals surface area contributed by atoms with Gasteiger partial charge in [-0.25, -0.2) is 0 Å². The number of aliphatic imine (C=N–C) groups is 1. The van der Waals surface area contributed by atoms with Crippen molar-refractivity contribution >= 4 is 5.96 Å². The van der Waals surface area contributed by atoms with Crippen molar-refractivity contribution in [2.24, 2.45) is 10.7 Å². The fraction of sp³-hybridized carbons (Fsp3) is 0.333. The summed E-state index contributed by atoms with van der Waals surface area (Å²) in [5.74, 6) is 0.919. The lowest BCUT2D eigenvalue weighted by Crippen LogP contribution is -2.33. The Morgan fingerprint density at radius 2 is 1.95 bits per heavy atom. The van der Waals surface area contributed by atoms with Crippen molar-refractivity contribution < 1.29 is 0 Å². The van der Waals surface area contributed by atoms with Gasteiger partial charge in [0, 0.05) is 37.3 Å². The first-order valence-corrected chi connectivity index (χ1v) is 7.78. The van der Waals surface area contributed by atoms with Crippen molar-refractivity contribution in [2.75, 3.05) is 13.1 Å². The molecule has 1 aromatic heterocycles. The van der Waals surface area contributed by atoms with Crippen LogP contribution in [-0.4, -0.2) is 24.0 Å². The lowest BCUT2D eigenvalue weighted by atomic mass is 9.97. The molecule has 4 heteroatoms. The average molecular weight is 296 g/mol. The van der Waals surface area contributed by atoms with Gasteiger partial charge >= 0.3 is 0 Å². The average Bonchev–Trinajstić information content (AvgIpc) is 2.57. The standard InChI is InChI=1S/C18H24N4/c1-2-15(16-8-4-3-5-9-16)14-22-18(19)21-13-11-17-10-6-7-12-20-17/h3-10,12,15H,2,11,13-14H2,1H3,(H3,19,21,22). The summed E-state index contributed by atoms with van der Waals surface area (Å²) >= 11 is 0. The summed E-state index contributed by atoms with van der Waals surface area (Å²) < 4.78 is 0. The number of nitrogens with two attached hydrogens (primary N) is 1. The van der Waals surface area contributed by atoms with Crippen LogP contribution in [0.2, 0.25) is 0 Å². The lowest BCUT2D eigenvalue weighted by Gasteiger charge is -2.13. The number of hydrogen-bond acceptors (Lipinski definition) is 2. The second-order valence-corrected chi connectivity index (χ2v) is 5.24. The van der Waals surface area contributed by atoms with E-state index in [-0.39, 0.29) is 0 Å². The van der Waals surface area contributed by atoms with Gasteiger partial charge in [0.05, 0.1) is 0 Å². The highest BCUT2D eigenvalue weighted by Gasteiger charge is 2.08. The number of aromatic nitrogens is 1. The maximum absolute atomic E-state index is 5.94. The summed E-state index contributed by atoms with van der Waals surface area (Å²) in [5.41, 5.74) is 8.31. The molecule has 0 bridgehead atoms. The summed E-state index contributed by atoms with van der Waals surface area (Å²) in [6.07, 6.45) is 3.69. The van der Waals surface area contributed by atoms with Crippen LogP contribution in [-0.2, 0) is 6.42 Å². The minimum absolute atomic E-state index is 0.414. The molecule has 1 heterocycles. The van der Waals surface area contributed by atoms with Gasteiger partial charge in [0.2, 0.25) is 0 Å². The fourth-order valence-corrected chi connectivity index (χ4v) is 2.32. The second-order valence-electron chi connectivity index (χ2n) is 5.24. The van der Waals surface area contributed by atoms with Gasteiger partial charge in [0.15, 0.2) is 5.96 Å². The molecule has 1 aromatic carbocycles. The zero-order valence-corrected chi connectivity index (χ0v) is 13.1. The molecule has 4 nitrogen and oxygen atoms in total. The Morgan fingerprint density at radius 1 is 1.18 bits per heavy atom. The van der Waals surface area contributed by atoms with E-state index in [0.29, 0.717) is 18.4 Å². The van der Waals surface area contributed by atoms with Crippen molar-refractivity contribution in [3.05, 3.63) is 66.0 Å². The largest absolute Gasteiger partial charge is 0.370 e. The van der Waals surface area contributed by atoms with Crippen molar-refractivity contribution in [3.63, 3.8) is 0 Å². The second kappa shape index (κ2) is 8.82. The molecule has 0 aliphatic heterocycles. The van der Waals surface area contributed by atoms with Crippen LogP contribution in [0.25, 0.3) is 0 Å². The predicted molar refractivity (Wildman–Crippen MR) is 91.9 cm³/mol. The predicted octanol–water partition coefficient (Wildman–Crippen LogP) is 2.72. The molecule has 3 N–H and O–H groups in total. The number of pyridine rings is 1. The third-order valence-corrected chi connectivity index (χ3v) is 3.66. The Morgan fingerprint density at radius 3 is 2.64 bits per heavy atom. The van der Waals surface area contributed by atoms with Crippen LogP contribution < -0.4 is 11.1 Å². The van der Waals surface area contributed by atoms with Gasteiger partial charge in [0.25, 0.3) is 0 Å². The Kier molecular flexibility index (Phi) is 6.42. The van der Waals surface area contributed by atoms with E-state index in [4.69, 9.17) is 5.73 Å². The van der Waals surface area contributed by atoms with E-state index in [1.807, 2.05) is 24.3 Å². The maximum atomic E-state index is 5.94. The normalized spacial score (nSPS) is 12.9. The first-order chi connectivity index (χ1) is 10.8. The van der Waals surface area contributed by atoms with E-state index < -0.39 is 0 Å². The molecule has 0 fully saturated rings. The van der Waals surface area contributed by atoms with Crippen LogP contribution in [0.15, 0.2) is 59.7 Å². The Balaban J connectivity index is 1.79. The number of benzene rings is 1. The van der Waals surface area contributed by atoms with Crippen LogP contribution >= 0.6 is 0 Å². The molecular weight excluding hydrogens is 272 g/mol. The molecule has 0 aliphatic rings. The molecule has 0 radical (unpaired) electrons. The third kappa shape index (κ3) is 5.20. The zero-order chi connectivity index (χ0) is 15.6.